The van der Waals surface area contributed by atoms with Gasteiger partial charge in [-0.25, -0.2) is 4.98 Å². The zero-order valence-electron chi connectivity index (χ0n) is 16.1. The summed E-state index contributed by atoms with van der Waals surface area (Å²) >= 11 is 0. The van der Waals surface area contributed by atoms with E-state index < -0.39 is 0 Å². The molecule has 1 amide bonds. The molecular formula is C21H27N3O3. The molecule has 2 aliphatic heterocycles. The first-order valence-electron chi connectivity index (χ1n) is 10.0. The number of hydrogen-bond acceptors (Lipinski definition) is 4. The summed E-state index contributed by atoms with van der Waals surface area (Å²) in [5, 5.41) is 0.597. The minimum atomic E-state index is -0.0202. The fourth-order valence-electron chi connectivity index (χ4n) is 4.08. The Balaban J connectivity index is 1.72. The number of fused-ring (bicyclic) bond motifs is 2. The normalized spacial score (nSPS) is 23.6. The molecule has 27 heavy (non-hydrogen) atoms. The molecule has 0 N–H and O–H groups in total. The molecule has 2 aliphatic rings. The number of nitrogens with zero attached hydrogens (tertiary/aromatic N) is 3. The molecule has 6 nitrogen and oxygen atoms in total. The van der Waals surface area contributed by atoms with Gasteiger partial charge in [0.2, 0.25) is 0 Å². The van der Waals surface area contributed by atoms with Crippen molar-refractivity contribution in [1.29, 1.82) is 0 Å². The summed E-state index contributed by atoms with van der Waals surface area (Å²) in [7, 11) is 0. The molecule has 1 fully saturated rings. The van der Waals surface area contributed by atoms with Crippen LogP contribution < -0.4 is 5.56 Å². The molecule has 3 heterocycles. The largest absolute Gasteiger partial charge is 0.375 e. The van der Waals surface area contributed by atoms with Gasteiger partial charge in [-0.3, -0.25) is 14.2 Å². The number of hydrogen-bond donors (Lipinski definition) is 0. The van der Waals surface area contributed by atoms with E-state index in [1.165, 1.54) is 6.42 Å². The second kappa shape index (κ2) is 7.43. The van der Waals surface area contributed by atoms with Crippen LogP contribution >= 0.6 is 0 Å². The van der Waals surface area contributed by atoms with Crippen LogP contribution in [0.1, 0.15) is 55.7 Å². The Morgan fingerprint density at radius 1 is 1.19 bits per heavy atom. The van der Waals surface area contributed by atoms with Gasteiger partial charge in [0.15, 0.2) is 0 Å². The van der Waals surface area contributed by atoms with E-state index in [9.17, 15) is 9.59 Å². The molecule has 1 saturated heterocycles. The maximum Gasteiger partial charge on any atom is 0.261 e. The third-order valence-electron chi connectivity index (χ3n) is 5.68. The molecule has 2 unspecified atom stereocenters. The van der Waals surface area contributed by atoms with Crippen LogP contribution in [-0.4, -0.2) is 45.7 Å². The number of amides is 1. The van der Waals surface area contributed by atoms with Crippen LogP contribution in [-0.2, 0) is 17.7 Å². The van der Waals surface area contributed by atoms with Crippen LogP contribution in [0, 0.1) is 0 Å². The first kappa shape index (κ1) is 18.2. The van der Waals surface area contributed by atoms with Crippen LogP contribution in [0.4, 0.5) is 0 Å². The quantitative estimate of drug-likeness (QED) is 0.775. The maximum atomic E-state index is 13.0. The second-order valence-electron chi connectivity index (χ2n) is 7.83. The first-order chi connectivity index (χ1) is 13.0. The molecule has 6 heteroatoms. The Hall–Kier alpha value is -2.21. The number of ether oxygens (including phenoxy) is 1. The van der Waals surface area contributed by atoms with Crippen LogP contribution in [0.5, 0.6) is 0 Å². The molecule has 2 atom stereocenters. The van der Waals surface area contributed by atoms with Gasteiger partial charge in [0.05, 0.1) is 29.7 Å². The SMILES string of the molecule is CC1CN(C(=O)c2ccc3c(=O)n4c(nc3c2)CCCCCC4)C(C)CO1. The summed E-state index contributed by atoms with van der Waals surface area (Å²) in [6.07, 6.45) is 5.27. The number of morpholine rings is 1. The van der Waals surface area contributed by atoms with E-state index in [-0.39, 0.29) is 23.6 Å². The van der Waals surface area contributed by atoms with Gasteiger partial charge < -0.3 is 9.64 Å². The van der Waals surface area contributed by atoms with Crippen molar-refractivity contribution in [3.8, 4) is 0 Å². The van der Waals surface area contributed by atoms with Crippen molar-refractivity contribution in [2.45, 2.75) is 64.6 Å². The predicted octanol–water partition coefficient (Wildman–Crippen LogP) is 2.76. The van der Waals surface area contributed by atoms with Crippen molar-refractivity contribution in [3.05, 3.63) is 39.9 Å². The van der Waals surface area contributed by atoms with Crippen LogP contribution in [0.25, 0.3) is 10.9 Å². The fourth-order valence-corrected chi connectivity index (χ4v) is 4.08. The zero-order chi connectivity index (χ0) is 19.0. The number of carbonyl (C=O) groups is 1. The van der Waals surface area contributed by atoms with Crippen molar-refractivity contribution >= 4 is 16.8 Å². The molecule has 4 rings (SSSR count). The highest BCUT2D eigenvalue weighted by molar-refractivity contribution is 5.98. The number of benzene rings is 1. The van der Waals surface area contributed by atoms with Gasteiger partial charge in [0.25, 0.3) is 11.5 Å². The summed E-state index contributed by atoms with van der Waals surface area (Å²) in [5.74, 6) is 0.832. The van der Waals surface area contributed by atoms with Gasteiger partial charge in [-0.2, -0.15) is 0 Å². The number of carbonyl (C=O) groups excluding carboxylic acids is 1. The van der Waals surface area contributed by atoms with Crippen molar-refractivity contribution in [2.75, 3.05) is 13.2 Å². The molecular weight excluding hydrogens is 342 g/mol. The van der Waals surface area contributed by atoms with Crippen molar-refractivity contribution in [1.82, 2.24) is 14.5 Å². The third kappa shape index (κ3) is 3.50. The van der Waals surface area contributed by atoms with E-state index in [1.807, 2.05) is 23.3 Å². The lowest BCUT2D eigenvalue weighted by Gasteiger charge is -2.36. The van der Waals surface area contributed by atoms with Crippen LogP contribution in [0.2, 0.25) is 0 Å². The van der Waals surface area contributed by atoms with Crippen LogP contribution in [0.15, 0.2) is 23.0 Å². The van der Waals surface area contributed by atoms with Gasteiger partial charge in [0.1, 0.15) is 5.82 Å². The summed E-state index contributed by atoms with van der Waals surface area (Å²) in [6.45, 7) is 5.85. The van der Waals surface area contributed by atoms with E-state index in [0.717, 1.165) is 38.1 Å². The highest BCUT2D eigenvalue weighted by Gasteiger charge is 2.28. The molecule has 0 saturated carbocycles. The Labute approximate surface area is 159 Å². The van der Waals surface area contributed by atoms with Crippen molar-refractivity contribution in [2.24, 2.45) is 0 Å². The highest BCUT2D eigenvalue weighted by Crippen LogP contribution is 2.19. The monoisotopic (exact) mass is 369 g/mol. The number of rotatable bonds is 1. The fraction of sp³-hybridized carbons (Fsp3) is 0.571. The second-order valence-corrected chi connectivity index (χ2v) is 7.83. The summed E-state index contributed by atoms with van der Waals surface area (Å²) < 4.78 is 7.45. The van der Waals surface area contributed by atoms with Gasteiger partial charge >= 0.3 is 0 Å². The molecule has 0 radical (unpaired) electrons. The third-order valence-corrected chi connectivity index (χ3v) is 5.68. The van der Waals surface area contributed by atoms with Gasteiger partial charge in [-0.1, -0.05) is 12.8 Å². The smallest absolute Gasteiger partial charge is 0.261 e. The summed E-state index contributed by atoms with van der Waals surface area (Å²) in [5.41, 5.74) is 1.24. The lowest BCUT2D eigenvalue weighted by atomic mass is 10.1. The average molecular weight is 369 g/mol. The molecule has 144 valence electrons. The van der Waals surface area contributed by atoms with E-state index in [0.29, 0.717) is 29.6 Å². The van der Waals surface area contributed by atoms with Gasteiger partial charge in [0, 0.05) is 25.1 Å². The Bertz CT molecular complexity index is 921. The Kier molecular flexibility index (Phi) is 5.00. The molecule has 1 aromatic heterocycles. The standard InChI is InChI=1S/C21H27N3O3/c1-14-13-27-15(2)12-24(14)20(25)16-8-9-17-18(11-16)22-19-7-5-3-4-6-10-23(19)21(17)26/h8-9,11,14-15H,3-7,10,12-13H2,1-2H3. The number of aromatic nitrogens is 2. The minimum Gasteiger partial charge on any atom is -0.375 e. The lowest BCUT2D eigenvalue weighted by Crippen LogP contribution is -2.50. The maximum absolute atomic E-state index is 13.0. The van der Waals surface area contributed by atoms with E-state index in [4.69, 9.17) is 9.72 Å². The van der Waals surface area contributed by atoms with Gasteiger partial charge in [-0.15, -0.1) is 0 Å². The minimum absolute atomic E-state index is 0.0178. The Morgan fingerprint density at radius 3 is 2.85 bits per heavy atom. The molecule has 0 aliphatic carbocycles. The van der Waals surface area contributed by atoms with Crippen LogP contribution in [0.3, 0.4) is 0 Å². The average Bonchev–Trinajstić information content (AvgIpc) is 2.64. The molecule has 0 spiro atoms. The first-order valence-corrected chi connectivity index (χ1v) is 10.0. The van der Waals surface area contributed by atoms with E-state index in [1.54, 1.807) is 18.2 Å². The zero-order valence-corrected chi connectivity index (χ0v) is 16.1. The molecule has 2 aromatic rings. The summed E-state index contributed by atoms with van der Waals surface area (Å²) in [6, 6.07) is 5.35. The predicted molar refractivity (Wildman–Crippen MR) is 104 cm³/mol. The van der Waals surface area contributed by atoms with Crippen molar-refractivity contribution in [3.63, 3.8) is 0 Å². The van der Waals surface area contributed by atoms with E-state index in [2.05, 4.69) is 0 Å². The topological polar surface area (TPSA) is 64.4 Å². The highest BCUT2D eigenvalue weighted by atomic mass is 16.5. The molecule has 0 bridgehead atoms. The number of aryl methyl sites for hydroxylation is 1. The lowest BCUT2D eigenvalue weighted by molar-refractivity contribution is -0.0387. The Morgan fingerprint density at radius 2 is 2.00 bits per heavy atom. The van der Waals surface area contributed by atoms with Crippen molar-refractivity contribution < 1.29 is 9.53 Å². The van der Waals surface area contributed by atoms with Gasteiger partial charge in [-0.05, 0) is 44.9 Å². The van der Waals surface area contributed by atoms with E-state index >= 15 is 0 Å². The summed E-state index contributed by atoms with van der Waals surface area (Å²) in [4.78, 5) is 32.6. The molecule has 1 aromatic carbocycles.